The van der Waals surface area contributed by atoms with Crippen molar-refractivity contribution >= 4 is 5.91 Å². The lowest BCUT2D eigenvalue weighted by molar-refractivity contribution is -0.138. The lowest BCUT2D eigenvalue weighted by Gasteiger charge is -2.33. The summed E-state index contributed by atoms with van der Waals surface area (Å²) >= 11 is 0. The first-order valence-corrected chi connectivity index (χ1v) is 6.36. The van der Waals surface area contributed by atoms with Crippen molar-refractivity contribution in [3.63, 3.8) is 0 Å². The van der Waals surface area contributed by atoms with E-state index in [1.54, 1.807) is 4.90 Å². The van der Waals surface area contributed by atoms with Crippen LogP contribution < -0.4 is 5.73 Å². The van der Waals surface area contributed by atoms with Gasteiger partial charge in [-0.1, -0.05) is 19.3 Å². The number of ether oxygens (including phenoxy) is 1. The number of carbonyl (C=O) groups is 1. The van der Waals surface area contributed by atoms with Crippen LogP contribution in [0.5, 0.6) is 0 Å². The topological polar surface area (TPSA) is 53.3 Å². The van der Waals surface area contributed by atoms with Crippen LogP contribution in [0.25, 0.3) is 0 Å². The number of carbonyl (C=O) groups excluding carboxylic acids is 1. The molecule has 1 unspecified atom stereocenters. The van der Waals surface area contributed by atoms with Crippen LogP contribution in [0.1, 0.15) is 32.1 Å². The van der Waals surface area contributed by atoms with Crippen molar-refractivity contribution in [3.05, 3.63) is 0 Å². The molecule has 1 heterocycles. The molecule has 0 aromatic carbocycles. The van der Waals surface area contributed by atoms with Gasteiger partial charge in [0, 0.05) is 13.1 Å². The van der Waals surface area contributed by atoms with Gasteiger partial charge >= 0.3 is 0 Å². The van der Waals surface area contributed by atoms with Crippen LogP contribution >= 0.6 is 0 Å². The van der Waals surface area contributed by atoms with E-state index in [0.717, 1.165) is 12.8 Å². The molecule has 2 aliphatic rings. The van der Waals surface area contributed by atoms with Crippen molar-refractivity contribution in [3.8, 4) is 0 Å². The predicted molar refractivity (Wildman–Crippen MR) is 60.9 cm³/mol. The van der Waals surface area contributed by atoms with E-state index in [-0.39, 0.29) is 5.91 Å². The number of rotatable bonds is 2. The fourth-order valence-corrected chi connectivity index (χ4v) is 2.65. The molecular formula is C12H21N2O2. The Balaban J connectivity index is 1.86. The van der Waals surface area contributed by atoms with Gasteiger partial charge < -0.3 is 9.64 Å². The third-order valence-electron chi connectivity index (χ3n) is 3.71. The normalized spacial score (nSPS) is 25.4. The Labute approximate surface area is 97.1 Å². The quantitative estimate of drug-likeness (QED) is 0.706. The molecule has 1 aliphatic heterocycles. The number of amides is 1. The van der Waals surface area contributed by atoms with Crippen LogP contribution in [-0.4, -0.2) is 43.2 Å². The van der Waals surface area contributed by atoms with Gasteiger partial charge in [-0.2, -0.15) is 0 Å². The second kappa shape index (κ2) is 5.64. The van der Waals surface area contributed by atoms with E-state index in [1.165, 1.54) is 19.3 Å². The first-order valence-electron chi connectivity index (χ1n) is 6.36. The molecule has 1 N–H and O–H groups in total. The zero-order valence-corrected chi connectivity index (χ0v) is 9.78. The second-order valence-electron chi connectivity index (χ2n) is 4.81. The Bertz CT molecular complexity index is 233. The zero-order valence-electron chi connectivity index (χ0n) is 9.78. The molecule has 0 aromatic rings. The number of nitrogens with zero attached hydrogens (tertiary/aromatic N) is 1. The van der Waals surface area contributed by atoms with Crippen LogP contribution in [0.2, 0.25) is 0 Å². The van der Waals surface area contributed by atoms with Crippen LogP contribution in [0.3, 0.4) is 0 Å². The standard InChI is InChI=1S/C12H21N2O2/c13-11(10-4-2-1-3-5-10)12(15)14-6-8-16-9-7-14/h10-11,13H,1-9H2. The first kappa shape index (κ1) is 11.9. The summed E-state index contributed by atoms with van der Waals surface area (Å²) in [5, 5.41) is 0. The van der Waals surface area contributed by atoms with Gasteiger partial charge in [0.15, 0.2) is 0 Å². The average Bonchev–Trinajstić information content (AvgIpc) is 2.39. The molecule has 2 rings (SSSR count). The third kappa shape index (κ3) is 2.74. The predicted octanol–water partition coefficient (Wildman–Crippen LogP) is 1.08. The summed E-state index contributed by atoms with van der Waals surface area (Å²) in [5.41, 5.74) is 8.08. The van der Waals surface area contributed by atoms with Gasteiger partial charge in [-0.15, -0.1) is 0 Å². The highest BCUT2D eigenvalue weighted by atomic mass is 16.5. The molecule has 1 atom stereocenters. The lowest BCUT2D eigenvalue weighted by atomic mass is 9.84. The van der Waals surface area contributed by atoms with Crippen molar-refractivity contribution in [2.45, 2.75) is 38.1 Å². The third-order valence-corrected chi connectivity index (χ3v) is 3.71. The summed E-state index contributed by atoms with van der Waals surface area (Å²) in [5.74, 6) is 0.319. The minimum atomic E-state index is -0.529. The molecule has 0 aromatic heterocycles. The minimum absolute atomic E-state index is 0.0233. The number of morpholine rings is 1. The summed E-state index contributed by atoms with van der Waals surface area (Å²) in [6.45, 7) is 2.59. The smallest absolute Gasteiger partial charge is 0.241 e. The number of nitrogens with one attached hydrogen (secondary N) is 1. The van der Waals surface area contributed by atoms with Gasteiger partial charge in [-0.05, 0) is 18.8 Å². The van der Waals surface area contributed by atoms with Crippen molar-refractivity contribution in [2.24, 2.45) is 5.92 Å². The molecule has 0 bridgehead atoms. The van der Waals surface area contributed by atoms with E-state index >= 15 is 0 Å². The Morgan fingerprint density at radius 1 is 1.19 bits per heavy atom. The SMILES string of the molecule is [NH]C(C(=O)N1CCOCC1)C1CCCCC1. The fraction of sp³-hybridized carbons (Fsp3) is 0.917. The Morgan fingerprint density at radius 2 is 1.81 bits per heavy atom. The van der Waals surface area contributed by atoms with Crippen LogP contribution in [0, 0.1) is 5.92 Å². The number of hydrogen-bond acceptors (Lipinski definition) is 2. The van der Waals surface area contributed by atoms with Crippen LogP contribution in [0.4, 0.5) is 0 Å². The number of hydrogen-bond donors (Lipinski definition) is 0. The molecule has 1 radical (unpaired) electrons. The molecular weight excluding hydrogens is 204 g/mol. The highest BCUT2D eigenvalue weighted by Crippen LogP contribution is 2.27. The lowest BCUT2D eigenvalue weighted by Crippen LogP contribution is -2.48. The highest BCUT2D eigenvalue weighted by molar-refractivity contribution is 5.82. The molecule has 1 saturated heterocycles. The Hall–Kier alpha value is -0.610. The minimum Gasteiger partial charge on any atom is -0.378 e. The van der Waals surface area contributed by atoms with Gasteiger partial charge in [0.05, 0.1) is 13.2 Å². The van der Waals surface area contributed by atoms with E-state index in [1.807, 2.05) is 0 Å². The van der Waals surface area contributed by atoms with Crippen molar-refractivity contribution in [1.29, 1.82) is 0 Å². The average molecular weight is 225 g/mol. The summed E-state index contributed by atoms with van der Waals surface area (Å²) < 4.78 is 5.22. The summed E-state index contributed by atoms with van der Waals surface area (Å²) in [6, 6.07) is -0.529. The highest BCUT2D eigenvalue weighted by Gasteiger charge is 2.30. The van der Waals surface area contributed by atoms with E-state index < -0.39 is 6.04 Å². The first-order chi connectivity index (χ1) is 7.79. The van der Waals surface area contributed by atoms with Gasteiger partial charge in [0.1, 0.15) is 6.04 Å². The van der Waals surface area contributed by atoms with Gasteiger partial charge in [0.2, 0.25) is 5.91 Å². The van der Waals surface area contributed by atoms with E-state index in [0.29, 0.717) is 32.2 Å². The van der Waals surface area contributed by atoms with Crippen molar-refractivity contribution in [1.82, 2.24) is 10.6 Å². The van der Waals surface area contributed by atoms with Gasteiger partial charge in [0.25, 0.3) is 0 Å². The fourth-order valence-electron chi connectivity index (χ4n) is 2.65. The monoisotopic (exact) mass is 225 g/mol. The van der Waals surface area contributed by atoms with Crippen molar-refractivity contribution < 1.29 is 9.53 Å². The molecule has 1 amide bonds. The second-order valence-corrected chi connectivity index (χ2v) is 4.81. The molecule has 4 nitrogen and oxygen atoms in total. The van der Waals surface area contributed by atoms with Gasteiger partial charge in [-0.3, -0.25) is 4.79 Å². The summed E-state index contributed by atoms with van der Waals surface area (Å²) in [6.07, 6.45) is 5.77. The Morgan fingerprint density at radius 3 is 2.44 bits per heavy atom. The van der Waals surface area contributed by atoms with E-state index in [4.69, 9.17) is 10.5 Å². The van der Waals surface area contributed by atoms with E-state index in [9.17, 15) is 4.79 Å². The molecule has 1 saturated carbocycles. The maximum absolute atomic E-state index is 12.1. The Kier molecular flexibility index (Phi) is 4.18. The molecule has 1 aliphatic carbocycles. The van der Waals surface area contributed by atoms with Crippen LogP contribution in [0.15, 0.2) is 0 Å². The molecule has 16 heavy (non-hydrogen) atoms. The van der Waals surface area contributed by atoms with Gasteiger partial charge in [-0.25, -0.2) is 5.73 Å². The molecule has 0 spiro atoms. The van der Waals surface area contributed by atoms with Crippen molar-refractivity contribution in [2.75, 3.05) is 26.3 Å². The molecule has 4 heteroatoms. The molecule has 2 fully saturated rings. The summed E-state index contributed by atoms with van der Waals surface area (Å²) in [4.78, 5) is 13.9. The zero-order chi connectivity index (χ0) is 11.4. The van der Waals surface area contributed by atoms with E-state index in [2.05, 4.69) is 0 Å². The summed E-state index contributed by atoms with van der Waals surface area (Å²) in [7, 11) is 0. The maximum Gasteiger partial charge on any atom is 0.241 e. The molecule has 91 valence electrons. The maximum atomic E-state index is 12.1. The largest absolute Gasteiger partial charge is 0.378 e. The van der Waals surface area contributed by atoms with Crippen LogP contribution in [-0.2, 0) is 9.53 Å².